The van der Waals surface area contributed by atoms with E-state index in [4.69, 9.17) is 9.47 Å². The molecule has 212 valence electrons. The molecule has 0 bridgehead atoms. The fourth-order valence-corrected chi connectivity index (χ4v) is 6.32. The molecular weight excluding hydrogens is 510 g/mol. The van der Waals surface area contributed by atoms with Crippen molar-refractivity contribution in [2.45, 2.75) is 77.4 Å². The number of halogens is 2. The Morgan fingerprint density at radius 3 is 2.45 bits per heavy atom. The van der Waals surface area contributed by atoms with E-state index in [1.807, 2.05) is 18.2 Å². The van der Waals surface area contributed by atoms with E-state index in [2.05, 4.69) is 48.9 Å². The number of hydrogen-bond acceptors (Lipinski definition) is 4. The van der Waals surface area contributed by atoms with Gasteiger partial charge in [-0.3, -0.25) is 4.79 Å². The predicted octanol–water partition coefficient (Wildman–Crippen LogP) is 8.88. The Balaban J connectivity index is 1.39. The van der Waals surface area contributed by atoms with Crippen molar-refractivity contribution >= 4 is 5.97 Å². The normalized spacial score (nSPS) is 18.9. The summed E-state index contributed by atoms with van der Waals surface area (Å²) in [5.41, 5.74) is 5.43. The number of methoxy groups -OCH3 is 1. The summed E-state index contributed by atoms with van der Waals surface area (Å²) in [5.74, 6) is 1.77. The molecule has 0 saturated heterocycles. The lowest BCUT2D eigenvalue weighted by Gasteiger charge is -2.30. The highest BCUT2D eigenvalue weighted by Crippen LogP contribution is 2.51. The molecule has 0 unspecified atom stereocenters. The van der Waals surface area contributed by atoms with Crippen LogP contribution in [0.1, 0.15) is 80.9 Å². The number of esters is 1. The molecule has 0 spiro atoms. The Morgan fingerprint density at radius 1 is 0.975 bits per heavy atom. The van der Waals surface area contributed by atoms with Crippen molar-refractivity contribution in [2.24, 2.45) is 11.3 Å². The monoisotopic (exact) mass is 548 g/mol. The van der Waals surface area contributed by atoms with Crippen LogP contribution in [0.2, 0.25) is 0 Å². The van der Waals surface area contributed by atoms with Gasteiger partial charge >= 0.3 is 12.6 Å². The zero-order valence-electron chi connectivity index (χ0n) is 23.5. The van der Waals surface area contributed by atoms with Gasteiger partial charge in [-0.25, -0.2) is 0 Å². The van der Waals surface area contributed by atoms with E-state index in [0.717, 1.165) is 60.1 Å². The second-order valence-corrected chi connectivity index (χ2v) is 11.8. The standard InChI is InChI=1S/C34H38F2O4/c1-34(2)16-6-11-31(34)30-17-22(12-15-28(30)24-7-5-10-27(19-24)40-33(35)36)21-39-26-9-4-8-25(18-26)29(23-13-14-23)20-32(37)38-3/h4-5,7-10,12,15,17-19,23,29,31,33H,6,11,13-14,16,20-21H2,1-3H3/t29-,31+/m0/s1. The quantitative estimate of drug-likeness (QED) is 0.225. The summed E-state index contributed by atoms with van der Waals surface area (Å²) in [6.45, 7) is 2.17. The average Bonchev–Trinajstić information content (AvgIpc) is 3.72. The van der Waals surface area contributed by atoms with Crippen LogP contribution in [0.5, 0.6) is 11.5 Å². The van der Waals surface area contributed by atoms with Gasteiger partial charge < -0.3 is 14.2 Å². The molecule has 0 heterocycles. The van der Waals surface area contributed by atoms with Crippen LogP contribution in [0.15, 0.2) is 66.7 Å². The van der Waals surface area contributed by atoms with Gasteiger partial charge in [-0.15, -0.1) is 0 Å². The summed E-state index contributed by atoms with van der Waals surface area (Å²) in [6.07, 6.45) is 6.05. The molecule has 2 aliphatic rings. The third kappa shape index (κ3) is 6.65. The highest BCUT2D eigenvalue weighted by molar-refractivity contribution is 5.71. The third-order valence-corrected chi connectivity index (χ3v) is 8.62. The number of hydrogen-bond donors (Lipinski definition) is 0. The molecule has 0 amide bonds. The minimum atomic E-state index is -2.86. The number of alkyl halides is 2. The molecule has 3 aromatic rings. The third-order valence-electron chi connectivity index (χ3n) is 8.62. The van der Waals surface area contributed by atoms with Crippen LogP contribution >= 0.6 is 0 Å². The van der Waals surface area contributed by atoms with Crippen LogP contribution in [-0.4, -0.2) is 19.7 Å². The van der Waals surface area contributed by atoms with Crippen molar-refractivity contribution in [3.05, 3.63) is 83.4 Å². The summed E-state index contributed by atoms with van der Waals surface area (Å²) >= 11 is 0. The Hall–Kier alpha value is -3.41. The molecular formula is C34H38F2O4. The largest absolute Gasteiger partial charge is 0.489 e. The molecule has 0 aliphatic heterocycles. The van der Waals surface area contributed by atoms with Gasteiger partial charge in [0.15, 0.2) is 0 Å². The molecule has 2 saturated carbocycles. The average molecular weight is 549 g/mol. The molecule has 40 heavy (non-hydrogen) atoms. The fourth-order valence-electron chi connectivity index (χ4n) is 6.32. The summed E-state index contributed by atoms with van der Waals surface area (Å²) < 4.78 is 41.7. The van der Waals surface area contributed by atoms with Crippen LogP contribution < -0.4 is 9.47 Å². The SMILES string of the molecule is COC(=O)C[C@H](c1cccc(OCc2ccc(-c3cccc(OC(F)F)c3)c([C@H]3CCCC3(C)C)c2)c1)C1CC1. The van der Waals surface area contributed by atoms with Crippen LogP contribution in [-0.2, 0) is 16.1 Å². The zero-order valence-corrected chi connectivity index (χ0v) is 23.5. The number of benzene rings is 3. The van der Waals surface area contributed by atoms with Gasteiger partial charge in [0.1, 0.15) is 18.1 Å². The van der Waals surface area contributed by atoms with Crippen molar-refractivity contribution in [1.29, 1.82) is 0 Å². The Morgan fingerprint density at radius 2 is 1.75 bits per heavy atom. The van der Waals surface area contributed by atoms with Gasteiger partial charge in [-0.1, -0.05) is 62.7 Å². The minimum Gasteiger partial charge on any atom is -0.489 e. The Labute approximate surface area is 235 Å². The van der Waals surface area contributed by atoms with Crippen LogP contribution in [0.4, 0.5) is 8.78 Å². The maximum Gasteiger partial charge on any atom is 0.387 e. The second-order valence-electron chi connectivity index (χ2n) is 11.8. The Kier molecular flexibility index (Phi) is 8.43. The molecule has 2 fully saturated rings. The van der Waals surface area contributed by atoms with Crippen molar-refractivity contribution < 1.29 is 27.8 Å². The zero-order chi connectivity index (χ0) is 28.3. The fraction of sp³-hybridized carbons (Fsp3) is 0.441. The van der Waals surface area contributed by atoms with Gasteiger partial charge in [-0.2, -0.15) is 8.78 Å². The summed E-state index contributed by atoms with van der Waals surface area (Å²) in [5, 5.41) is 0. The first-order valence-corrected chi connectivity index (χ1v) is 14.2. The number of ether oxygens (including phenoxy) is 3. The number of rotatable bonds is 11. The molecule has 4 nitrogen and oxygen atoms in total. The van der Waals surface area contributed by atoms with Crippen molar-refractivity contribution in [3.8, 4) is 22.6 Å². The molecule has 0 aromatic heterocycles. The van der Waals surface area contributed by atoms with Crippen molar-refractivity contribution in [2.75, 3.05) is 7.11 Å². The van der Waals surface area contributed by atoms with E-state index in [1.54, 1.807) is 18.2 Å². The first-order chi connectivity index (χ1) is 19.2. The maximum absolute atomic E-state index is 12.9. The van der Waals surface area contributed by atoms with Gasteiger partial charge in [-0.05, 0) is 101 Å². The molecule has 0 radical (unpaired) electrons. The lowest BCUT2D eigenvalue weighted by atomic mass is 9.75. The van der Waals surface area contributed by atoms with Gasteiger partial charge in [0, 0.05) is 0 Å². The first-order valence-electron chi connectivity index (χ1n) is 14.2. The molecule has 5 rings (SSSR count). The van der Waals surface area contributed by atoms with E-state index in [-0.39, 0.29) is 23.1 Å². The molecule has 2 atom stereocenters. The molecule has 3 aromatic carbocycles. The smallest absolute Gasteiger partial charge is 0.387 e. The van der Waals surface area contributed by atoms with E-state index in [0.29, 0.717) is 24.9 Å². The van der Waals surface area contributed by atoms with Gasteiger partial charge in [0.25, 0.3) is 0 Å². The summed E-state index contributed by atoms with van der Waals surface area (Å²) in [4.78, 5) is 12.0. The maximum atomic E-state index is 12.9. The lowest BCUT2D eigenvalue weighted by molar-refractivity contribution is -0.141. The van der Waals surface area contributed by atoms with Crippen molar-refractivity contribution in [3.63, 3.8) is 0 Å². The lowest BCUT2D eigenvalue weighted by Crippen LogP contribution is -2.16. The van der Waals surface area contributed by atoms with Crippen LogP contribution in [0.25, 0.3) is 11.1 Å². The highest BCUT2D eigenvalue weighted by atomic mass is 19.3. The van der Waals surface area contributed by atoms with Crippen LogP contribution in [0.3, 0.4) is 0 Å². The Bertz CT molecular complexity index is 1330. The highest BCUT2D eigenvalue weighted by Gasteiger charge is 2.37. The number of carbonyl (C=O) groups excluding carboxylic acids is 1. The second kappa shape index (κ2) is 12.0. The van der Waals surface area contributed by atoms with E-state index < -0.39 is 6.61 Å². The predicted molar refractivity (Wildman–Crippen MR) is 152 cm³/mol. The molecule has 6 heteroatoms. The first kappa shape index (κ1) is 28.1. The minimum absolute atomic E-state index is 0.136. The topological polar surface area (TPSA) is 44.8 Å². The van der Waals surface area contributed by atoms with E-state index in [1.165, 1.54) is 12.7 Å². The van der Waals surface area contributed by atoms with E-state index >= 15 is 0 Å². The van der Waals surface area contributed by atoms with Gasteiger partial charge in [0.05, 0.1) is 13.5 Å². The van der Waals surface area contributed by atoms with Crippen molar-refractivity contribution in [1.82, 2.24) is 0 Å². The van der Waals surface area contributed by atoms with Crippen LogP contribution in [0, 0.1) is 11.3 Å². The van der Waals surface area contributed by atoms with E-state index in [9.17, 15) is 13.6 Å². The molecule has 0 N–H and O–H groups in total. The summed E-state index contributed by atoms with van der Waals surface area (Å²) in [7, 11) is 1.44. The molecule has 2 aliphatic carbocycles. The number of carbonyl (C=O) groups is 1. The van der Waals surface area contributed by atoms with Gasteiger partial charge in [0.2, 0.25) is 0 Å². The summed E-state index contributed by atoms with van der Waals surface area (Å²) in [6, 6.07) is 21.4.